The van der Waals surface area contributed by atoms with Gasteiger partial charge in [0.2, 0.25) is 0 Å². The van der Waals surface area contributed by atoms with Gasteiger partial charge in [-0.1, -0.05) is 0 Å². The molecule has 0 aromatic heterocycles. The zero-order valence-electron chi connectivity index (χ0n) is 7.10. The molecule has 0 bridgehead atoms. The molecule has 2 N–H and O–H groups in total. The first-order valence-corrected chi connectivity index (χ1v) is 4.86. The van der Waals surface area contributed by atoms with E-state index in [9.17, 15) is 0 Å². The minimum atomic E-state index is 0.911. The molecule has 1 heterocycles. The van der Waals surface area contributed by atoms with Crippen molar-refractivity contribution in [1.29, 1.82) is 0 Å². The van der Waals surface area contributed by atoms with Crippen LogP contribution in [0.25, 0.3) is 0 Å². The Morgan fingerprint density at radius 2 is 1.91 bits per heavy atom. The third-order valence-electron chi connectivity index (χ3n) is 2.73. The zero-order chi connectivity index (χ0) is 7.52. The van der Waals surface area contributed by atoms with Gasteiger partial charge in [-0.2, -0.15) is 0 Å². The van der Waals surface area contributed by atoms with E-state index in [-0.39, 0.29) is 0 Å². The van der Waals surface area contributed by atoms with Crippen LogP contribution in [0.2, 0.25) is 0 Å². The fourth-order valence-electron chi connectivity index (χ4n) is 1.70. The van der Waals surface area contributed by atoms with Crippen LogP contribution >= 0.6 is 0 Å². The number of hydrogen-bond donors (Lipinski definition) is 2. The lowest BCUT2D eigenvalue weighted by Gasteiger charge is -2.08. The molecule has 0 aromatic rings. The summed E-state index contributed by atoms with van der Waals surface area (Å²) in [6.45, 7) is 4.98. The summed E-state index contributed by atoms with van der Waals surface area (Å²) in [5, 5.41) is 6.94. The maximum Gasteiger partial charge on any atom is -0.000779 e. The van der Waals surface area contributed by atoms with Gasteiger partial charge in [-0.15, -0.1) is 0 Å². The van der Waals surface area contributed by atoms with Crippen LogP contribution in [0.1, 0.15) is 19.3 Å². The summed E-state index contributed by atoms with van der Waals surface area (Å²) in [5.74, 6) is 1.94. The molecular weight excluding hydrogens is 136 g/mol. The summed E-state index contributed by atoms with van der Waals surface area (Å²) in [7, 11) is 0. The summed E-state index contributed by atoms with van der Waals surface area (Å²) in [5.41, 5.74) is 0. The maximum absolute atomic E-state index is 3.55. The van der Waals surface area contributed by atoms with E-state index in [0.29, 0.717) is 0 Å². The molecule has 1 aliphatic carbocycles. The van der Waals surface area contributed by atoms with Crippen molar-refractivity contribution in [3.8, 4) is 0 Å². The van der Waals surface area contributed by atoms with Crippen LogP contribution in [0, 0.1) is 11.8 Å². The van der Waals surface area contributed by atoms with Gasteiger partial charge in [0, 0.05) is 0 Å². The highest BCUT2D eigenvalue weighted by atomic mass is 14.9. The second kappa shape index (κ2) is 3.55. The minimum absolute atomic E-state index is 0.911. The van der Waals surface area contributed by atoms with E-state index < -0.39 is 0 Å². The lowest BCUT2D eigenvalue weighted by atomic mass is 10.1. The van der Waals surface area contributed by atoms with Gasteiger partial charge in [0.1, 0.15) is 0 Å². The second-order valence-electron chi connectivity index (χ2n) is 3.96. The molecule has 2 heteroatoms. The molecule has 64 valence electrons. The predicted molar refractivity (Wildman–Crippen MR) is 46.6 cm³/mol. The third kappa shape index (κ3) is 2.46. The van der Waals surface area contributed by atoms with E-state index in [1.165, 1.54) is 45.4 Å². The van der Waals surface area contributed by atoms with Crippen molar-refractivity contribution < 1.29 is 0 Å². The first-order chi connectivity index (χ1) is 5.45. The number of hydrogen-bond acceptors (Lipinski definition) is 2. The van der Waals surface area contributed by atoms with Gasteiger partial charge in [-0.25, -0.2) is 0 Å². The minimum Gasteiger partial charge on any atom is -0.316 e. The molecule has 1 atom stereocenters. The Kier molecular flexibility index (Phi) is 2.44. The Bertz CT molecular complexity index is 115. The molecular formula is C9H18N2. The topological polar surface area (TPSA) is 24.1 Å². The molecule has 2 aliphatic rings. The number of nitrogens with one attached hydrogen (secondary N) is 2. The summed E-state index contributed by atoms with van der Waals surface area (Å²) in [6, 6.07) is 0. The quantitative estimate of drug-likeness (QED) is 0.619. The molecule has 2 rings (SSSR count). The lowest BCUT2D eigenvalue weighted by Crippen LogP contribution is -2.26. The molecule has 0 amide bonds. The van der Waals surface area contributed by atoms with Gasteiger partial charge < -0.3 is 10.6 Å². The van der Waals surface area contributed by atoms with Crippen molar-refractivity contribution in [2.75, 3.05) is 26.2 Å². The van der Waals surface area contributed by atoms with Gasteiger partial charge in [0.25, 0.3) is 0 Å². The van der Waals surface area contributed by atoms with E-state index in [1.807, 2.05) is 0 Å². The average Bonchev–Trinajstić information content (AvgIpc) is 2.66. The second-order valence-corrected chi connectivity index (χ2v) is 3.96. The van der Waals surface area contributed by atoms with Crippen LogP contribution < -0.4 is 10.6 Å². The van der Waals surface area contributed by atoms with Crippen LogP contribution in [0.3, 0.4) is 0 Å². The van der Waals surface area contributed by atoms with E-state index >= 15 is 0 Å². The summed E-state index contributed by atoms with van der Waals surface area (Å²) >= 11 is 0. The van der Waals surface area contributed by atoms with Crippen LogP contribution in [0.4, 0.5) is 0 Å². The van der Waals surface area contributed by atoms with Crippen LogP contribution in [0.15, 0.2) is 0 Å². The predicted octanol–water partition coefficient (Wildman–Crippen LogP) is 0.596. The summed E-state index contributed by atoms with van der Waals surface area (Å²) < 4.78 is 0. The van der Waals surface area contributed by atoms with E-state index in [4.69, 9.17) is 0 Å². The lowest BCUT2D eigenvalue weighted by molar-refractivity contribution is 0.502. The molecule has 2 nitrogen and oxygen atoms in total. The highest BCUT2D eigenvalue weighted by Gasteiger charge is 2.21. The van der Waals surface area contributed by atoms with Crippen molar-refractivity contribution in [1.82, 2.24) is 10.6 Å². The molecule has 0 aromatic carbocycles. The maximum atomic E-state index is 3.55. The Balaban J connectivity index is 1.51. The Morgan fingerprint density at radius 1 is 1.09 bits per heavy atom. The first-order valence-electron chi connectivity index (χ1n) is 4.86. The zero-order valence-corrected chi connectivity index (χ0v) is 7.10. The molecule has 1 saturated carbocycles. The molecule has 1 aliphatic heterocycles. The molecule has 1 saturated heterocycles. The largest absolute Gasteiger partial charge is 0.316 e. The van der Waals surface area contributed by atoms with E-state index in [2.05, 4.69) is 10.6 Å². The van der Waals surface area contributed by atoms with Crippen molar-refractivity contribution in [3.05, 3.63) is 0 Å². The summed E-state index contributed by atoms with van der Waals surface area (Å²) in [4.78, 5) is 0. The molecule has 0 radical (unpaired) electrons. The van der Waals surface area contributed by atoms with Crippen molar-refractivity contribution in [2.45, 2.75) is 19.3 Å². The third-order valence-corrected chi connectivity index (χ3v) is 2.73. The Labute approximate surface area is 68.7 Å². The fourth-order valence-corrected chi connectivity index (χ4v) is 1.70. The highest BCUT2D eigenvalue weighted by Crippen LogP contribution is 2.27. The first kappa shape index (κ1) is 7.56. The fraction of sp³-hybridized carbons (Fsp3) is 1.00. The van der Waals surface area contributed by atoms with Crippen LogP contribution in [-0.2, 0) is 0 Å². The smallest absolute Gasteiger partial charge is 0.000779 e. The van der Waals surface area contributed by atoms with Gasteiger partial charge in [-0.3, -0.25) is 0 Å². The SMILES string of the molecule is C1CC(CNCC2CC2)CN1. The highest BCUT2D eigenvalue weighted by molar-refractivity contribution is 4.78. The normalized spacial score (nSPS) is 31.1. The molecule has 11 heavy (non-hydrogen) atoms. The van der Waals surface area contributed by atoms with Crippen molar-refractivity contribution in [3.63, 3.8) is 0 Å². The molecule has 0 spiro atoms. The van der Waals surface area contributed by atoms with Crippen LogP contribution in [0.5, 0.6) is 0 Å². The van der Waals surface area contributed by atoms with Crippen LogP contribution in [-0.4, -0.2) is 26.2 Å². The monoisotopic (exact) mass is 154 g/mol. The van der Waals surface area contributed by atoms with E-state index in [1.54, 1.807) is 0 Å². The Hall–Kier alpha value is -0.0800. The number of rotatable bonds is 4. The molecule has 1 unspecified atom stereocenters. The van der Waals surface area contributed by atoms with Crippen molar-refractivity contribution >= 4 is 0 Å². The van der Waals surface area contributed by atoms with Gasteiger partial charge >= 0.3 is 0 Å². The van der Waals surface area contributed by atoms with Gasteiger partial charge in [-0.05, 0) is 57.3 Å². The molecule has 2 fully saturated rings. The van der Waals surface area contributed by atoms with Gasteiger partial charge in [0.15, 0.2) is 0 Å². The standard InChI is InChI=1S/C9H18N2/c1-2-8(1)5-11-7-9-3-4-10-6-9/h8-11H,1-7H2. The van der Waals surface area contributed by atoms with Crippen molar-refractivity contribution in [2.24, 2.45) is 11.8 Å². The summed E-state index contributed by atoms with van der Waals surface area (Å²) in [6.07, 6.45) is 4.31. The average molecular weight is 154 g/mol. The van der Waals surface area contributed by atoms with E-state index in [0.717, 1.165) is 11.8 Å². The Morgan fingerprint density at radius 3 is 2.55 bits per heavy atom. The van der Waals surface area contributed by atoms with Gasteiger partial charge in [0.05, 0.1) is 0 Å².